The normalized spacial score (nSPS) is 23.6. The summed E-state index contributed by atoms with van der Waals surface area (Å²) in [4.78, 5) is 0. The lowest BCUT2D eigenvalue weighted by Crippen LogP contribution is -2.34. The maximum atomic E-state index is 6.04. The van der Waals surface area contributed by atoms with Crippen molar-refractivity contribution >= 4 is 22.5 Å². The van der Waals surface area contributed by atoms with Crippen molar-refractivity contribution in [1.29, 1.82) is 0 Å². The highest BCUT2D eigenvalue weighted by Crippen LogP contribution is 2.40. The molecule has 1 aliphatic rings. The molecular weight excluding hydrogens is 238 g/mol. The van der Waals surface area contributed by atoms with Gasteiger partial charge in [-0.25, -0.2) is 0 Å². The van der Waals surface area contributed by atoms with Crippen molar-refractivity contribution in [3.05, 3.63) is 48.0 Å². The summed E-state index contributed by atoms with van der Waals surface area (Å²) in [5.41, 5.74) is 7.49. The molecule has 0 amide bonds. The van der Waals surface area contributed by atoms with E-state index in [0.717, 1.165) is 13.0 Å². The summed E-state index contributed by atoms with van der Waals surface area (Å²) in [6.45, 7) is 0.793. The van der Waals surface area contributed by atoms with Gasteiger partial charge in [-0.1, -0.05) is 42.5 Å². The van der Waals surface area contributed by atoms with Crippen molar-refractivity contribution < 1.29 is 0 Å². The first-order valence-corrected chi connectivity index (χ1v) is 7.62. The Balaban J connectivity index is 1.99. The van der Waals surface area contributed by atoms with Gasteiger partial charge < -0.3 is 5.73 Å². The average Bonchev–Trinajstić information content (AvgIpc) is 2.88. The van der Waals surface area contributed by atoms with Crippen LogP contribution in [0.2, 0.25) is 0 Å². The minimum absolute atomic E-state index is 0.282. The lowest BCUT2D eigenvalue weighted by molar-refractivity contribution is 0.566. The predicted octanol–water partition coefficient (Wildman–Crippen LogP) is 3.61. The van der Waals surface area contributed by atoms with E-state index in [1.165, 1.54) is 34.9 Å². The van der Waals surface area contributed by atoms with E-state index in [-0.39, 0.29) is 4.75 Å². The molecule has 2 N–H and O–H groups in total. The van der Waals surface area contributed by atoms with Crippen LogP contribution in [0.15, 0.2) is 42.5 Å². The molecule has 1 fully saturated rings. The summed E-state index contributed by atoms with van der Waals surface area (Å²) >= 11 is 2.07. The Morgan fingerprint density at radius 2 is 1.94 bits per heavy atom. The first-order chi connectivity index (χ1) is 8.83. The van der Waals surface area contributed by atoms with E-state index in [1.54, 1.807) is 0 Å². The molecule has 2 aromatic carbocycles. The van der Waals surface area contributed by atoms with Crippen molar-refractivity contribution in [2.75, 3.05) is 12.3 Å². The van der Waals surface area contributed by atoms with Gasteiger partial charge in [0.05, 0.1) is 0 Å². The molecule has 0 radical (unpaired) electrons. The standard InChI is InChI=1S/C16H19NS/c17-12-16(9-4-10-18-16)11-14-7-3-6-13-5-1-2-8-15(13)14/h1-3,5-8H,4,9-12,17H2. The van der Waals surface area contributed by atoms with Gasteiger partial charge >= 0.3 is 0 Å². The number of fused-ring (bicyclic) bond motifs is 1. The van der Waals surface area contributed by atoms with Crippen LogP contribution in [0.4, 0.5) is 0 Å². The summed E-state index contributed by atoms with van der Waals surface area (Å²) in [6, 6.07) is 15.3. The van der Waals surface area contributed by atoms with Crippen LogP contribution in [-0.4, -0.2) is 17.0 Å². The van der Waals surface area contributed by atoms with Crippen molar-refractivity contribution in [3.63, 3.8) is 0 Å². The zero-order valence-electron chi connectivity index (χ0n) is 10.6. The Morgan fingerprint density at radius 1 is 1.11 bits per heavy atom. The predicted molar refractivity (Wildman–Crippen MR) is 81.1 cm³/mol. The highest BCUT2D eigenvalue weighted by molar-refractivity contribution is 8.00. The molecule has 1 atom stereocenters. The largest absolute Gasteiger partial charge is 0.329 e. The summed E-state index contributed by atoms with van der Waals surface area (Å²) in [5, 5.41) is 2.73. The van der Waals surface area contributed by atoms with Gasteiger partial charge in [0.1, 0.15) is 0 Å². The molecule has 2 aromatic rings. The molecule has 1 unspecified atom stereocenters. The number of benzene rings is 2. The third-order valence-electron chi connectivity index (χ3n) is 3.95. The number of hydrogen-bond donors (Lipinski definition) is 1. The molecule has 0 aliphatic carbocycles. The minimum atomic E-state index is 0.282. The highest BCUT2D eigenvalue weighted by atomic mass is 32.2. The van der Waals surface area contributed by atoms with E-state index in [2.05, 4.69) is 54.2 Å². The van der Waals surface area contributed by atoms with E-state index < -0.39 is 0 Å². The topological polar surface area (TPSA) is 26.0 Å². The molecule has 1 nitrogen and oxygen atoms in total. The van der Waals surface area contributed by atoms with Crippen LogP contribution in [0, 0.1) is 0 Å². The van der Waals surface area contributed by atoms with Crippen LogP contribution in [0.1, 0.15) is 18.4 Å². The molecule has 18 heavy (non-hydrogen) atoms. The zero-order chi connectivity index (χ0) is 12.4. The molecule has 1 aliphatic heterocycles. The second kappa shape index (κ2) is 4.94. The summed E-state index contributed by atoms with van der Waals surface area (Å²) in [6.07, 6.45) is 3.68. The number of hydrogen-bond acceptors (Lipinski definition) is 2. The van der Waals surface area contributed by atoms with Crippen molar-refractivity contribution in [1.82, 2.24) is 0 Å². The second-order valence-electron chi connectivity index (χ2n) is 5.15. The van der Waals surface area contributed by atoms with Gasteiger partial charge in [0.15, 0.2) is 0 Å². The zero-order valence-corrected chi connectivity index (χ0v) is 11.4. The fourth-order valence-corrected chi connectivity index (χ4v) is 4.31. The Kier molecular flexibility index (Phi) is 3.31. The molecule has 3 rings (SSSR count). The van der Waals surface area contributed by atoms with E-state index in [1.807, 2.05) is 0 Å². The quantitative estimate of drug-likeness (QED) is 0.909. The van der Waals surface area contributed by atoms with Gasteiger partial charge in [0, 0.05) is 11.3 Å². The van der Waals surface area contributed by atoms with Gasteiger partial charge in [0.2, 0.25) is 0 Å². The molecule has 1 heterocycles. The first kappa shape index (κ1) is 12.1. The molecule has 0 saturated carbocycles. The highest BCUT2D eigenvalue weighted by Gasteiger charge is 2.33. The Hall–Kier alpha value is -0.990. The number of rotatable bonds is 3. The van der Waals surface area contributed by atoms with Gasteiger partial charge in [-0.15, -0.1) is 0 Å². The summed E-state index contributed by atoms with van der Waals surface area (Å²) in [7, 11) is 0. The Morgan fingerprint density at radius 3 is 2.72 bits per heavy atom. The smallest absolute Gasteiger partial charge is 0.0322 e. The van der Waals surface area contributed by atoms with Crippen LogP contribution in [0.3, 0.4) is 0 Å². The summed E-state index contributed by atoms with van der Waals surface area (Å²) in [5.74, 6) is 1.27. The van der Waals surface area contributed by atoms with Gasteiger partial charge in [-0.3, -0.25) is 0 Å². The maximum Gasteiger partial charge on any atom is 0.0322 e. The molecule has 0 aromatic heterocycles. The van der Waals surface area contributed by atoms with Crippen LogP contribution >= 0.6 is 11.8 Å². The van der Waals surface area contributed by atoms with E-state index >= 15 is 0 Å². The Labute approximate surface area is 113 Å². The molecule has 0 spiro atoms. The summed E-state index contributed by atoms with van der Waals surface area (Å²) < 4.78 is 0.282. The molecule has 2 heteroatoms. The van der Waals surface area contributed by atoms with E-state index in [0.29, 0.717) is 0 Å². The third kappa shape index (κ3) is 2.15. The lowest BCUT2D eigenvalue weighted by atomic mass is 9.91. The lowest BCUT2D eigenvalue weighted by Gasteiger charge is -2.27. The fourth-order valence-electron chi connectivity index (χ4n) is 2.92. The van der Waals surface area contributed by atoms with E-state index in [9.17, 15) is 0 Å². The van der Waals surface area contributed by atoms with Crippen LogP contribution in [0.5, 0.6) is 0 Å². The van der Waals surface area contributed by atoms with Crippen LogP contribution in [-0.2, 0) is 6.42 Å². The van der Waals surface area contributed by atoms with Gasteiger partial charge in [-0.05, 0) is 41.4 Å². The minimum Gasteiger partial charge on any atom is -0.329 e. The first-order valence-electron chi connectivity index (χ1n) is 6.64. The second-order valence-corrected chi connectivity index (χ2v) is 6.72. The fraction of sp³-hybridized carbons (Fsp3) is 0.375. The van der Waals surface area contributed by atoms with Gasteiger partial charge in [-0.2, -0.15) is 11.8 Å². The maximum absolute atomic E-state index is 6.04. The SMILES string of the molecule is NCC1(Cc2cccc3ccccc23)CCCS1. The van der Waals surface area contributed by atoms with Crippen molar-refractivity contribution in [2.45, 2.75) is 24.0 Å². The van der Waals surface area contributed by atoms with Crippen molar-refractivity contribution in [3.8, 4) is 0 Å². The average molecular weight is 257 g/mol. The number of nitrogens with two attached hydrogens (primary N) is 1. The molecule has 1 saturated heterocycles. The molecule has 94 valence electrons. The molecular formula is C16H19NS. The number of thioether (sulfide) groups is 1. The third-order valence-corrected chi connectivity index (χ3v) is 5.57. The van der Waals surface area contributed by atoms with E-state index in [4.69, 9.17) is 5.73 Å². The van der Waals surface area contributed by atoms with Crippen LogP contribution < -0.4 is 5.73 Å². The van der Waals surface area contributed by atoms with Gasteiger partial charge in [0.25, 0.3) is 0 Å². The van der Waals surface area contributed by atoms with Crippen molar-refractivity contribution in [2.24, 2.45) is 5.73 Å². The van der Waals surface area contributed by atoms with Crippen LogP contribution in [0.25, 0.3) is 10.8 Å². The molecule has 0 bridgehead atoms. The Bertz CT molecular complexity index is 538. The monoisotopic (exact) mass is 257 g/mol.